The van der Waals surface area contributed by atoms with E-state index in [0.717, 1.165) is 61.8 Å². The van der Waals surface area contributed by atoms with Crippen LogP contribution in [0, 0.1) is 5.92 Å². The lowest BCUT2D eigenvalue weighted by Crippen LogP contribution is -2.41. The van der Waals surface area contributed by atoms with Gasteiger partial charge in [-0.15, -0.1) is 0 Å². The van der Waals surface area contributed by atoms with Crippen LogP contribution in [-0.2, 0) is 17.8 Å². The van der Waals surface area contributed by atoms with E-state index in [0.29, 0.717) is 12.5 Å². The van der Waals surface area contributed by atoms with Gasteiger partial charge in [-0.05, 0) is 24.1 Å². The van der Waals surface area contributed by atoms with Crippen molar-refractivity contribution >= 4 is 16.9 Å². The Morgan fingerprint density at radius 1 is 1.17 bits per heavy atom. The molecule has 1 aromatic heterocycles. The highest BCUT2D eigenvalue weighted by atomic mass is 16.5. The van der Waals surface area contributed by atoms with Crippen LogP contribution in [0.3, 0.4) is 0 Å². The molecule has 5 heteroatoms. The maximum Gasteiger partial charge on any atom is 0.193 e. The topological polar surface area (TPSA) is 50.0 Å². The van der Waals surface area contributed by atoms with E-state index < -0.39 is 0 Å². The van der Waals surface area contributed by atoms with Crippen LogP contribution in [-0.4, -0.2) is 44.1 Å². The van der Waals surface area contributed by atoms with Crippen LogP contribution in [0.4, 0.5) is 0 Å². The fourth-order valence-corrected chi connectivity index (χ4v) is 3.87. The monoisotopic (exact) mass is 391 g/mol. The summed E-state index contributed by atoms with van der Waals surface area (Å²) in [7, 11) is 1.85. The summed E-state index contributed by atoms with van der Waals surface area (Å²) >= 11 is 0. The Morgan fingerprint density at radius 2 is 2.00 bits per heavy atom. The molecule has 0 amide bonds. The van der Waals surface area contributed by atoms with Crippen molar-refractivity contribution in [1.29, 1.82) is 0 Å². The van der Waals surface area contributed by atoms with Crippen LogP contribution in [0.25, 0.3) is 11.0 Å². The molecule has 3 aromatic rings. The minimum Gasteiger partial charge on any atom is -0.461 e. The van der Waals surface area contributed by atoms with Gasteiger partial charge in [0, 0.05) is 44.4 Å². The minimum absolute atomic E-state index is 0.549. The van der Waals surface area contributed by atoms with Crippen LogP contribution in [0.15, 0.2) is 70.1 Å². The van der Waals surface area contributed by atoms with Crippen molar-refractivity contribution < 1.29 is 9.15 Å². The third-order valence-electron chi connectivity index (χ3n) is 5.39. The molecule has 1 fully saturated rings. The summed E-state index contributed by atoms with van der Waals surface area (Å²) in [5.74, 6) is 2.52. The Morgan fingerprint density at radius 3 is 2.83 bits per heavy atom. The second-order valence-electron chi connectivity index (χ2n) is 7.58. The molecule has 0 spiro atoms. The van der Waals surface area contributed by atoms with Gasteiger partial charge in [0.2, 0.25) is 0 Å². The van der Waals surface area contributed by atoms with Crippen LogP contribution in [0.2, 0.25) is 0 Å². The number of fused-ring (bicyclic) bond motifs is 1. The predicted octanol–water partition coefficient (Wildman–Crippen LogP) is 4.09. The molecule has 2 heterocycles. The number of para-hydroxylation sites is 1. The Hall–Kier alpha value is -2.79. The standard InChI is InChI=1S/C24H29N3O2/c1-25-24(26-13-11-22-15-21-9-5-6-10-23(21)29-22)27-14-12-20(16-27)18-28-17-19-7-3-2-4-8-19/h2-10,15,20H,11-14,16-18H2,1H3,(H,25,26). The van der Waals surface area contributed by atoms with Gasteiger partial charge < -0.3 is 19.4 Å². The van der Waals surface area contributed by atoms with E-state index >= 15 is 0 Å². The van der Waals surface area contributed by atoms with Gasteiger partial charge in [0.25, 0.3) is 0 Å². The van der Waals surface area contributed by atoms with Gasteiger partial charge in [-0.2, -0.15) is 0 Å². The third kappa shape index (κ3) is 5.18. The molecule has 2 aromatic carbocycles. The maximum absolute atomic E-state index is 5.93. The number of furan rings is 1. The van der Waals surface area contributed by atoms with Crippen molar-refractivity contribution in [3.05, 3.63) is 72.0 Å². The van der Waals surface area contributed by atoms with Crippen LogP contribution < -0.4 is 5.32 Å². The van der Waals surface area contributed by atoms with Crippen molar-refractivity contribution in [3.8, 4) is 0 Å². The highest BCUT2D eigenvalue weighted by Gasteiger charge is 2.24. The zero-order chi connectivity index (χ0) is 19.9. The zero-order valence-electron chi connectivity index (χ0n) is 17.0. The molecule has 29 heavy (non-hydrogen) atoms. The largest absolute Gasteiger partial charge is 0.461 e. The molecule has 0 bridgehead atoms. The molecule has 1 unspecified atom stereocenters. The van der Waals surface area contributed by atoms with Gasteiger partial charge in [0.15, 0.2) is 5.96 Å². The molecular weight excluding hydrogens is 362 g/mol. The van der Waals surface area contributed by atoms with Crippen molar-refractivity contribution in [2.24, 2.45) is 10.9 Å². The third-order valence-corrected chi connectivity index (χ3v) is 5.39. The number of guanidine groups is 1. The van der Waals surface area contributed by atoms with E-state index in [-0.39, 0.29) is 0 Å². The fourth-order valence-electron chi connectivity index (χ4n) is 3.87. The van der Waals surface area contributed by atoms with E-state index in [1.807, 2.05) is 31.3 Å². The summed E-state index contributed by atoms with van der Waals surface area (Å²) in [5.41, 5.74) is 2.18. The molecule has 1 saturated heterocycles. The predicted molar refractivity (Wildman–Crippen MR) is 117 cm³/mol. The number of benzene rings is 2. The Labute approximate surface area is 172 Å². The summed E-state index contributed by atoms with van der Waals surface area (Å²) in [5, 5.41) is 4.64. The summed E-state index contributed by atoms with van der Waals surface area (Å²) in [4.78, 5) is 6.79. The lowest BCUT2D eigenvalue weighted by molar-refractivity contribution is 0.0907. The number of nitrogens with one attached hydrogen (secondary N) is 1. The first kappa shape index (κ1) is 19.5. The van der Waals surface area contributed by atoms with Crippen molar-refractivity contribution in [1.82, 2.24) is 10.2 Å². The Balaban J connectivity index is 1.20. The van der Waals surface area contributed by atoms with E-state index in [9.17, 15) is 0 Å². The summed E-state index contributed by atoms with van der Waals surface area (Å²) in [6.45, 7) is 4.28. The van der Waals surface area contributed by atoms with E-state index in [1.165, 1.54) is 5.56 Å². The molecule has 1 atom stereocenters. The highest BCUT2D eigenvalue weighted by molar-refractivity contribution is 5.80. The summed E-state index contributed by atoms with van der Waals surface area (Å²) < 4.78 is 11.8. The number of aliphatic imine (C=N–C) groups is 1. The second-order valence-corrected chi connectivity index (χ2v) is 7.58. The van der Waals surface area contributed by atoms with E-state index in [4.69, 9.17) is 9.15 Å². The molecule has 5 nitrogen and oxygen atoms in total. The zero-order valence-corrected chi connectivity index (χ0v) is 17.0. The second kappa shape index (κ2) is 9.61. The van der Waals surface area contributed by atoms with Gasteiger partial charge in [0.1, 0.15) is 11.3 Å². The Bertz CT molecular complexity index is 902. The van der Waals surface area contributed by atoms with Gasteiger partial charge in [-0.3, -0.25) is 4.99 Å². The first-order valence-corrected chi connectivity index (χ1v) is 10.4. The maximum atomic E-state index is 5.93. The number of ether oxygens (including phenoxy) is 1. The summed E-state index contributed by atoms with van der Waals surface area (Å²) in [6.07, 6.45) is 1.98. The molecular formula is C24H29N3O2. The van der Waals surface area contributed by atoms with Crippen LogP contribution in [0.5, 0.6) is 0 Å². The molecule has 1 aliphatic rings. The normalized spacial score (nSPS) is 17.2. The highest BCUT2D eigenvalue weighted by Crippen LogP contribution is 2.19. The molecule has 152 valence electrons. The number of nitrogens with zero attached hydrogens (tertiary/aromatic N) is 2. The number of hydrogen-bond acceptors (Lipinski definition) is 3. The SMILES string of the molecule is CN=C(NCCc1cc2ccccc2o1)N1CCC(COCc2ccccc2)C1. The molecule has 1 aliphatic heterocycles. The first-order chi connectivity index (χ1) is 14.3. The quantitative estimate of drug-likeness (QED) is 0.487. The number of likely N-dealkylation sites (tertiary alicyclic amines) is 1. The smallest absolute Gasteiger partial charge is 0.193 e. The minimum atomic E-state index is 0.549. The van der Waals surface area contributed by atoms with E-state index in [2.05, 4.69) is 51.6 Å². The number of rotatable bonds is 7. The number of hydrogen-bond donors (Lipinski definition) is 1. The molecule has 0 saturated carbocycles. The fraction of sp³-hybridized carbons (Fsp3) is 0.375. The van der Waals surface area contributed by atoms with Crippen LogP contribution in [0.1, 0.15) is 17.7 Å². The van der Waals surface area contributed by atoms with Crippen molar-refractivity contribution in [2.75, 3.05) is 33.3 Å². The van der Waals surface area contributed by atoms with Crippen molar-refractivity contribution in [2.45, 2.75) is 19.4 Å². The van der Waals surface area contributed by atoms with Gasteiger partial charge in [-0.1, -0.05) is 48.5 Å². The average Bonchev–Trinajstić information content (AvgIpc) is 3.39. The van der Waals surface area contributed by atoms with Gasteiger partial charge in [-0.25, -0.2) is 0 Å². The van der Waals surface area contributed by atoms with Crippen LogP contribution >= 0.6 is 0 Å². The first-order valence-electron chi connectivity index (χ1n) is 10.4. The molecule has 0 radical (unpaired) electrons. The summed E-state index contributed by atoms with van der Waals surface area (Å²) in [6, 6.07) is 20.6. The molecule has 1 N–H and O–H groups in total. The molecule has 0 aliphatic carbocycles. The molecule has 4 rings (SSSR count). The van der Waals surface area contributed by atoms with Crippen molar-refractivity contribution in [3.63, 3.8) is 0 Å². The Kier molecular flexibility index (Phi) is 6.47. The lowest BCUT2D eigenvalue weighted by Gasteiger charge is -2.21. The van der Waals surface area contributed by atoms with Gasteiger partial charge >= 0.3 is 0 Å². The average molecular weight is 392 g/mol. The lowest BCUT2D eigenvalue weighted by atomic mass is 10.1. The van der Waals surface area contributed by atoms with Gasteiger partial charge in [0.05, 0.1) is 13.2 Å². The van der Waals surface area contributed by atoms with E-state index in [1.54, 1.807) is 0 Å².